The minimum Gasteiger partial charge on any atom is -0.497 e. The zero-order chi connectivity index (χ0) is 17.8. The summed E-state index contributed by atoms with van der Waals surface area (Å²) in [6.45, 7) is 0.226. The van der Waals surface area contributed by atoms with Gasteiger partial charge in [-0.05, 0) is 35.4 Å². The highest BCUT2D eigenvalue weighted by Gasteiger charge is 2.29. The molecule has 1 fully saturated rings. The van der Waals surface area contributed by atoms with Gasteiger partial charge in [-0.2, -0.15) is 0 Å². The van der Waals surface area contributed by atoms with Crippen LogP contribution in [0.25, 0.3) is 0 Å². The molecule has 7 heteroatoms. The van der Waals surface area contributed by atoms with Crippen molar-refractivity contribution in [3.8, 4) is 5.75 Å². The molecule has 6 nitrogen and oxygen atoms in total. The molecule has 1 heterocycles. The van der Waals surface area contributed by atoms with Gasteiger partial charge >= 0.3 is 6.03 Å². The molecule has 0 aliphatic carbocycles. The highest BCUT2D eigenvalue weighted by molar-refractivity contribution is 5.90. The predicted molar refractivity (Wildman–Crippen MR) is 89.7 cm³/mol. The highest BCUT2D eigenvalue weighted by atomic mass is 19.1. The summed E-state index contributed by atoms with van der Waals surface area (Å²) in [4.78, 5) is 23.7. The van der Waals surface area contributed by atoms with E-state index in [0.717, 1.165) is 11.1 Å². The largest absolute Gasteiger partial charge is 0.497 e. The van der Waals surface area contributed by atoms with Crippen molar-refractivity contribution in [2.24, 2.45) is 0 Å². The Morgan fingerprint density at radius 1 is 1.16 bits per heavy atom. The fourth-order valence-electron chi connectivity index (χ4n) is 2.67. The number of hydrogen-bond acceptors (Lipinski definition) is 3. The van der Waals surface area contributed by atoms with Gasteiger partial charge in [0.05, 0.1) is 13.2 Å². The number of carbonyl (C=O) groups excluding carboxylic acids is 2. The molecule has 2 aromatic carbocycles. The van der Waals surface area contributed by atoms with Crippen LogP contribution in [-0.2, 0) is 4.79 Å². The molecular weight excluding hydrogens is 325 g/mol. The molecule has 3 amide bonds. The van der Waals surface area contributed by atoms with Crippen molar-refractivity contribution in [2.45, 2.75) is 12.1 Å². The number of urea groups is 1. The highest BCUT2D eigenvalue weighted by Crippen LogP contribution is 2.24. The van der Waals surface area contributed by atoms with Crippen LogP contribution in [0.15, 0.2) is 48.5 Å². The number of carbonyl (C=O) groups is 2. The fourth-order valence-corrected chi connectivity index (χ4v) is 2.67. The second-order valence-corrected chi connectivity index (χ2v) is 5.67. The van der Waals surface area contributed by atoms with Crippen molar-refractivity contribution >= 4 is 11.9 Å². The van der Waals surface area contributed by atoms with Gasteiger partial charge in [-0.15, -0.1) is 0 Å². The summed E-state index contributed by atoms with van der Waals surface area (Å²) in [5.74, 6) is 0.0273. The van der Waals surface area contributed by atoms with Crippen LogP contribution in [0.4, 0.5) is 9.18 Å². The van der Waals surface area contributed by atoms with Gasteiger partial charge in [0, 0.05) is 6.54 Å². The Labute approximate surface area is 144 Å². The first-order valence-corrected chi connectivity index (χ1v) is 7.81. The third-order valence-electron chi connectivity index (χ3n) is 4.03. The molecule has 0 radical (unpaired) electrons. The van der Waals surface area contributed by atoms with Crippen LogP contribution in [0, 0.1) is 5.82 Å². The summed E-state index contributed by atoms with van der Waals surface area (Å²) in [5.41, 5.74) is 1.55. The van der Waals surface area contributed by atoms with E-state index in [1.54, 1.807) is 31.4 Å². The number of benzene rings is 2. The molecule has 1 aliphatic rings. The van der Waals surface area contributed by atoms with Crippen molar-refractivity contribution in [1.82, 2.24) is 16.0 Å². The summed E-state index contributed by atoms with van der Waals surface area (Å²) in [6, 6.07) is 11.7. The molecule has 2 atom stereocenters. The minimum atomic E-state index is -0.645. The summed E-state index contributed by atoms with van der Waals surface area (Å²) >= 11 is 0. The molecule has 0 bridgehead atoms. The van der Waals surface area contributed by atoms with E-state index in [-0.39, 0.29) is 24.3 Å². The topological polar surface area (TPSA) is 79.5 Å². The van der Waals surface area contributed by atoms with Crippen LogP contribution < -0.4 is 20.7 Å². The van der Waals surface area contributed by atoms with E-state index in [1.165, 1.54) is 12.1 Å². The maximum atomic E-state index is 13.2. The van der Waals surface area contributed by atoms with Crippen molar-refractivity contribution in [3.63, 3.8) is 0 Å². The van der Waals surface area contributed by atoms with Crippen LogP contribution >= 0.6 is 0 Å². The molecule has 25 heavy (non-hydrogen) atoms. The third kappa shape index (κ3) is 3.88. The molecule has 3 rings (SSSR count). The average molecular weight is 343 g/mol. The van der Waals surface area contributed by atoms with E-state index in [2.05, 4.69) is 16.0 Å². The standard InChI is InChI=1S/C18H18FN3O3/c1-25-14-8-4-12(5-9-14)16(11-2-6-13(19)7-3-11)22-17(23)15-10-20-18(24)21-15/h2-9,15-16H,10H2,1H3,(H,22,23)(H2,20,21,24)/t15-,16-/m0/s1. The van der Waals surface area contributed by atoms with Crippen molar-refractivity contribution in [2.75, 3.05) is 13.7 Å². The van der Waals surface area contributed by atoms with Crippen molar-refractivity contribution in [3.05, 3.63) is 65.5 Å². The third-order valence-corrected chi connectivity index (χ3v) is 4.03. The van der Waals surface area contributed by atoms with Crippen LogP contribution in [0.1, 0.15) is 17.2 Å². The van der Waals surface area contributed by atoms with Gasteiger partial charge in [0.25, 0.3) is 0 Å². The monoisotopic (exact) mass is 343 g/mol. The molecule has 0 saturated carbocycles. The lowest BCUT2D eigenvalue weighted by Gasteiger charge is -2.22. The van der Waals surface area contributed by atoms with E-state index in [0.29, 0.717) is 5.75 Å². The number of nitrogens with one attached hydrogen (secondary N) is 3. The lowest BCUT2D eigenvalue weighted by molar-refractivity contribution is -0.122. The maximum absolute atomic E-state index is 13.2. The second-order valence-electron chi connectivity index (χ2n) is 5.67. The van der Waals surface area contributed by atoms with Gasteiger partial charge < -0.3 is 20.7 Å². The smallest absolute Gasteiger partial charge is 0.315 e. The van der Waals surface area contributed by atoms with Gasteiger partial charge in [0.2, 0.25) is 5.91 Å². The molecular formula is C18H18FN3O3. The molecule has 0 spiro atoms. The first-order valence-electron chi connectivity index (χ1n) is 7.81. The minimum absolute atomic E-state index is 0.226. The Morgan fingerprint density at radius 3 is 2.28 bits per heavy atom. The molecule has 1 saturated heterocycles. The van der Waals surface area contributed by atoms with E-state index in [1.807, 2.05) is 12.1 Å². The number of hydrogen-bond donors (Lipinski definition) is 3. The second kappa shape index (κ2) is 7.21. The average Bonchev–Trinajstić information content (AvgIpc) is 3.07. The fraction of sp³-hybridized carbons (Fsp3) is 0.222. The maximum Gasteiger partial charge on any atom is 0.315 e. The number of rotatable bonds is 5. The number of ether oxygens (including phenoxy) is 1. The van der Waals surface area contributed by atoms with Gasteiger partial charge in [-0.25, -0.2) is 9.18 Å². The van der Waals surface area contributed by atoms with Crippen molar-refractivity contribution in [1.29, 1.82) is 0 Å². The number of methoxy groups -OCH3 is 1. The Kier molecular flexibility index (Phi) is 4.83. The normalized spacial score (nSPS) is 17.4. The van der Waals surface area contributed by atoms with Gasteiger partial charge in [0.1, 0.15) is 17.6 Å². The van der Waals surface area contributed by atoms with E-state index in [9.17, 15) is 14.0 Å². The molecule has 130 valence electrons. The molecule has 0 aromatic heterocycles. The van der Waals surface area contributed by atoms with Crippen LogP contribution in [0.3, 0.4) is 0 Å². The molecule has 3 N–H and O–H groups in total. The SMILES string of the molecule is COc1ccc([C@@H](NC(=O)[C@@H]2CNC(=O)N2)c2ccc(F)cc2)cc1. The molecule has 0 unspecified atom stereocenters. The zero-order valence-electron chi connectivity index (χ0n) is 13.6. The van der Waals surface area contributed by atoms with Gasteiger partial charge in [-0.1, -0.05) is 24.3 Å². The lowest BCUT2D eigenvalue weighted by Crippen LogP contribution is -2.44. The predicted octanol–water partition coefficient (Wildman–Crippen LogP) is 1.72. The Bertz CT molecular complexity index is 762. The van der Waals surface area contributed by atoms with Crippen LogP contribution in [0.5, 0.6) is 5.75 Å². The summed E-state index contributed by atoms with van der Waals surface area (Å²) in [6.07, 6.45) is 0. The van der Waals surface area contributed by atoms with Crippen LogP contribution in [0.2, 0.25) is 0 Å². The van der Waals surface area contributed by atoms with Crippen LogP contribution in [-0.4, -0.2) is 31.6 Å². The van der Waals surface area contributed by atoms with Crippen molar-refractivity contribution < 1.29 is 18.7 Å². The van der Waals surface area contributed by atoms with Gasteiger partial charge in [-0.3, -0.25) is 4.79 Å². The van der Waals surface area contributed by atoms with E-state index < -0.39 is 12.1 Å². The summed E-state index contributed by atoms with van der Waals surface area (Å²) in [7, 11) is 1.57. The number of halogens is 1. The summed E-state index contributed by atoms with van der Waals surface area (Å²) < 4.78 is 18.4. The first kappa shape index (κ1) is 16.8. The Morgan fingerprint density at radius 2 is 1.76 bits per heavy atom. The van der Waals surface area contributed by atoms with E-state index >= 15 is 0 Å². The van der Waals surface area contributed by atoms with Gasteiger partial charge in [0.15, 0.2) is 0 Å². The number of amides is 3. The molecule has 1 aliphatic heterocycles. The Balaban J connectivity index is 1.86. The first-order chi connectivity index (χ1) is 12.1. The quantitative estimate of drug-likeness (QED) is 0.773. The molecule has 2 aromatic rings. The Hall–Kier alpha value is -3.09. The lowest BCUT2D eigenvalue weighted by atomic mass is 9.98. The summed E-state index contributed by atoms with van der Waals surface area (Å²) in [5, 5.41) is 8.01. The zero-order valence-corrected chi connectivity index (χ0v) is 13.6. The van der Waals surface area contributed by atoms with E-state index in [4.69, 9.17) is 4.74 Å².